The van der Waals surface area contributed by atoms with Gasteiger partial charge in [-0.1, -0.05) is 23.7 Å². The molecule has 0 amide bonds. The average Bonchev–Trinajstić information content (AvgIpc) is 3.11. The summed E-state index contributed by atoms with van der Waals surface area (Å²) in [5.41, 5.74) is -0.966. The van der Waals surface area contributed by atoms with E-state index in [-0.39, 0.29) is 21.9 Å². The monoisotopic (exact) mass is 435 g/mol. The lowest BCUT2D eigenvalue weighted by atomic mass is 10.2. The third kappa shape index (κ3) is 3.44. The molecule has 0 unspecified atom stereocenters. The fraction of sp³-hybridized carbons (Fsp3) is 0.250. The maximum atomic E-state index is 13.4. The number of pyridine rings is 2. The molecule has 156 valence electrons. The number of para-hydroxylation sites is 1. The first kappa shape index (κ1) is 20.4. The predicted molar refractivity (Wildman–Crippen MR) is 109 cm³/mol. The summed E-state index contributed by atoms with van der Waals surface area (Å²) in [5, 5.41) is 0.597. The highest BCUT2D eigenvalue weighted by Gasteiger charge is 2.33. The molecule has 0 fully saturated rings. The molecule has 0 spiro atoms. The van der Waals surface area contributed by atoms with Crippen molar-refractivity contribution in [1.82, 2.24) is 24.0 Å². The van der Waals surface area contributed by atoms with E-state index >= 15 is 0 Å². The first-order chi connectivity index (χ1) is 14.2. The van der Waals surface area contributed by atoms with Gasteiger partial charge in [0.2, 0.25) is 0 Å². The number of alkyl halides is 3. The molecule has 0 aliphatic carbocycles. The van der Waals surface area contributed by atoms with Gasteiger partial charge in [-0.05, 0) is 38.4 Å². The molecule has 0 N–H and O–H groups in total. The molecule has 3 heterocycles. The minimum Gasteiger partial charge on any atom is -0.329 e. The van der Waals surface area contributed by atoms with Gasteiger partial charge in [0.05, 0.1) is 22.6 Å². The summed E-state index contributed by atoms with van der Waals surface area (Å²) in [6, 6.07) is 8.67. The zero-order chi connectivity index (χ0) is 21.6. The van der Waals surface area contributed by atoms with Crippen LogP contribution in [0.5, 0.6) is 0 Å². The van der Waals surface area contributed by atoms with Crippen molar-refractivity contribution < 1.29 is 13.2 Å². The number of likely N-dealkylation sites (N-methyl/N-ethyl adjacent to an activating group) is 1. The molecule has 0 aliphatic heterocycles. The van der Waals surface area contributed by atoms with Crippen molar-refractivity contribution in [3.8, 4) is 5.69 Å². The van der Waals surface area contributed by atoms with Crippen LogP contribution in [0.2, 0.25) is 5.02 Å². The lowest BCUT2D eigenvalue weighted by Gasteiger charge is -2.15. The van der Waals surface area contributed by atoms with Crippen molar-refractivity contribution in [2.45, 2.75) is 12.7 Å². The van der Waals surface area contributed by atoms with Gasteiger partial charge in [0.25, 0.3) is 5.56 Å². The Labute approximate surface area is 174 Å². The van der Waals surface area contributed by atoms with Gasteiger partial charge in [0, 0.05) is 18.5 Å². The Balaban J connectivity index is 2.13. The van der Waals surface area contributed by atoms with E-state index in [1.165, 1.54) is 12.4 Å². The molecule has 0 radical (unpaired) electrons. The van der Waals surface area contributed by atoms with Crippen LogP contribution < -0.4 is 5.56 Å². The molecule has 4 aromatic rings. The van der Waals surface area contributed by atoms with E-state index in [1.54, 1.807) is 28.8 Å². The van der Waals surface area contributed by atoms with Crippen molar-refractivity contribution in [3.63, 3.8) is 0 Å². The molecular formula is C20H17ClF3N5O. The van der Waals surface area contributed by atoms with Gasteiger partial charge in [0.15, 0.2) is 5.52 Å². The van der Waals surface area contributed by atoms with Crippen molar-refractivity contribution in [2.24, 2.45) is 0 Å². The van der Waals surface area contributed by atoms with E-state index in [1.807, 2.05) is 19.0 Å². The van der Waals surface area contributed by atoms with Crippen LogP contribution in [0.4, 0.5) is 13.2 Å². The van der Waals surface area contributed by atoms with E-state index in [0.717, 1.165) is 10.6 Å². The third-order valence-corrected chi connectivity index (χ3v) is 5.08. The molecule has 10 heteroatoms. The highest BCUT2D eigenvalue weighted by atomic mass is 35.5. The molecule has 0 saturated heterocycles. The summed E-state index contributed by atoms with van der Waals surface area (Å²) in [7, 11) is 3.80. The fourth-order valence-electron chi connectivity index (χ4n) is 3.32. The standard InChI is InChI=1S/C20H17ClF3N5O/c1-27(2)9-10-28-11-25-16-17(28)12-7-8-15(20(22,23)24)26-18(12)29(19(16)30)14-6-4-3-5-13(14)21/h3-8,11H,9-10H2,1-2H3. The van der Waals surface area contributed by atoms with Crippen LogP contribution in [0.25, 0.3) is 27.8 Å². The Kier molecular flexibility index (Phi) is 5.03. The third-order valence-electron chi connectivity index (χ3n) is 4.76. The SMILES string of the molecule is CN(C)CCn1cnc2c(=O)n(-c3ccccc3Cl)c3nc(C(F)(F)F)ccc3c21. The molecule has 0 atom stereocenters. The summed E-state index contributed by atoms with van der Waals surface area (Å²) in [6.45, 7) is 1.17. The Morgan fingerprint density at radius 1 is 1.13 bits per heavy atom. The van der Waals surface area contributed by atoms with Crippen LogP contribution in [0.3, 0.4) is 0 Å². The number of nitrogens with zero attached hydrogens (tertiary/aromatic N) is 5. The number of aromatic nitrogens is 4. The lowest BCUT2D eigenvalue weighted by Crippen LogP contribution is -2.22. The molecule has 0 bridgehead atoms. The summed E-state index contributed by atoms with van der Waals surface area (Å²) in [6.07, 6.45) is -3.14. The number of benzene rings is 1. The molecular weight excluding hydrogens is 419 g/mol. The summed E-state index contributed by atoms with van der Waals surface area (Å²) in [5.74, 6) is 0. The van der Waals surface area contributed by atoms with Gasteiger partial charge in [-0.2, -0.15) is 13.2 Å². The van der Waals surface area contributed by atoms with Crippen molar-refractivity contribution in [3.05, 3.63) is 63.8 Å². The largest absolute Gasteiger partial charge is 0.433 e. The molecule has 1 aromatic carbocycles. The minimum atomic E-state index is -4.66. The van der Waals surface area contributed by atoms with Gasteiger partial charge >= 0.3 is 6.18 Å². The van der Waals surface area contributed by atoms with Crippen LogP contribution in [0, 0.1) is 0 Å². The predicted octanol–water partition coefficient (Wildman–Crippen LogP) is 3.97. The van der Waals surface area contributed by atoms with Gasteiger partial charge in [-0.3, -0.25) is 9.36 Å². The Morgan fingerprint density at radius 2 is 1.87 bits per heavy atom. The topological polar surface area (TPSA) is 56.0 Å². The number of hydrogen-bond acceptors (Lipinski definition) is 4. The van der Waals surface area contributed by atoms with Crippen molar-refractivity contribution >= 4 is 33.7 Å². The molecule has 4 rings (SSSR count). The van der Waals surface area contributed by atoms with Gasteiger partial charge in [-0.15, -0.1) is 0 Å². The number of hydrogen-bond donors (Lipinski definition) is 0. The maximum Gasteiger partial charge on any atom is 0.433 e. The first-order valence-electron chi connectivity index (χ1n) is 9.06. The summed E-state index contributed by atoms with van der Waals surface area (Å²) >= 11 is 6.26. The van der Waals surface area contributed by atoms with E-state index in [4.69, 9.17) is 11.6 Å². The minimum absolute atomic E-state index is 0.123. The zero-order valence-electron chi connectivity index (χ0n) is 16.1. The second kappa shape index (κ2) is 7.41. The summed E-state index contributed by atoms with van der Waals surface area (Å²) < 4.78 is 43.0. The van der Waals surface area contributed by atoms with Crippen molar-refractivity contribution in [2.75, 3.05) is 20.6 Å². The second-order valence-corrected chi connectivity index (χ2v) is 7.50. The Morgan fingerprint density at radius 3 is 2.53 bits per heavy atom. The maximum absolute atomic E-state index is 13.4. The molecule has 30 heavy (non-hydrogen) atoms. The van der Waals surface area contributed by atoms with Crippen LogP contribution in [-0.2, 0) is 12.7 Å². The summed E-state index contributed by atoms with van der Waals surface area (Å²) in [4.78, 5) is 23.3. The van der Waals surface area contributed by atoms with Crippen LogP contribution in [0.1, 0.15) is 5.69 Å². The molecule has 0 saturated carbocycles. The molecule has 3 aromatic heterocycles. The van der Waals surface area contributed by atoms with E-state index in [0.29, 0.717) is 24.0 Å². The normalized spacial score (nSPS) is 12.4. The molecule has 0 aliphatic rings. The highest BCUT2D eigenvalue weighted by Crippen LogP contribution is 2.32. The van der Waals surface area contributed by atoms with E-state index < -0.39 is 17.4 Å². The van der Waals surface area contributed by atoms with Crippen LogP contribution in [-0.4, -0.2) is 44.6 Å². The average molecular weight is 436 g/mol. The number of fused-ring (bicyclic) bond motifs is 3. The first-order valence-corrected chi connectivity index (χ1v) is 9.43. The Hall–Kier alpha value is -2.91. The number of halogens is 4. The van der Waals surface area contributed by atoms with Gasteiger partial charge in [-0.25, -0.2) is 9.97 Å². The number of rotatable bonds is 4. The van der Waals surface area contributed by atoms with Gasteiger partial charge < -0.3 is 9.47 Å². The smallest absolute Gasteiger partial charge is 0.329 e. The molecule has 6 nitrogen and oxygen atoms in total. The number of imidazole rings is 1. The van der Waals surface area contributed by atoms with Crippen molar-refractivity contribution in [1.29, 1.82) is 0 Å². The van der Waals surface area contributed by atoms with E-state index in [9.17, 15) is 18.0 Å². The lowest BCUT2D eigenvalue weighted by molar-refractivity contribution is -0.141. The quantitative estimate of drug-likeness (QED) is 0.487. The Bertz CT molecular complexity index is 1310. The zero-order valence-corrected chi connectivity index (χ0v) is 16.9. The van der Waals surface area contributed by atoms with Crippen LogP contribution in [0.15, 0.2) is 47.5 Å². The van der Waals surface area contributed by atoms with Crippen LogP contribution >= 0.6 is 11.6 Å². The van der Waals surface area contributed by atoms with Gasteiger partial charge in [0.1, 0.15) is 11.3 Å². The fourth-order valence-corrected chi connectivity index (χ4v) is 3.54. The highest BCUT2D eigenvalue weighted by molar-refractivity contribution is 6.32. The van der Waals surface area contributed by atoms with E-state index in [2.05, 4.69) is 9.97 Å². The second-order valence-electron chi connectivity index (χ2n) is 7.10.